The van der Waals surface area contributed by atoms with Crippen LogP contribution in [0.1, 0.15) is 68.2 Å². The lowest BCUT2D eigenvalue weighted by molar-refractivity contribution is -0.123. The molecule has 3 rings (SSSR count). The number of benzene rings is 1. The van der Waals surface area contributed by atoms with E-state index < -0.39 is 17.5 Å². The summed E-state index contributed by atoms with van der Waals surface area (Å²) in [6, 6.07) is 10.3. The van der Waals surface area contributed by atoms with Crippen LogP contribution >= 0.6 is 11.5 Å². The Balaban J connectivity index is 2.14. The van der Waals surface area contributed by atoms with Crippen molar-refractivity contribution in [2.24, 2.45) is 0 Å². The van der Waals surface area contributed by atoms with Crippen molar-refractivity contribution in [1.29, 1.82) is 0 Å². The standard InChI is InChI=1S/C23H27N5O2S/c1-15(2)16-8-10-18(11-9-16)28(22(30)19-14-31-27-26-19)20(17-7-6-12-24-13-17)21(29)25-23(3,4)5/h6-15,20H,1-5H3,(H,25,29)/t20-/m1/s1. The molecule has 1 atom stereocenters. The highest BCUT2D eigenvalue weighted by Gasteiger charge is 2.36. The second-order valence-corrected chi connectivity index (χ2v) is 9.25. The number of carbonyl (C=O) groups excluding carboxylic acids is 2. The topological polar surface area (TPSA) is 88.1 Å². The van der Waals surface area contributed by atoms with E-state index in [4.69, 9.17) is 0 Å². The molecule has 0 fully saturated rings. The molecular formula is C23H27N5O2S. The first-order valence-electron chi connectivity index (χ1n) is 10.1. The zero-order chi connectivity index (χ0) is 22.6. The highest BCUT2D eigenvalue weighted by molar-refractivity contribution is 7.03. The molecule has 0 bridgehead atoms. The third-order valence-electron chi connectivity index (χ3n) is 4.64. The minimum atomic E-state index is -0.924. The van der Waals surface area contributed by atoms with Crippen LogP contribution < -0.4 is 10.2 Å². The molecule has 0 unspecified atom stereocenters. The molecule has 0 aliphatic carbocycles. The van der Waals surface area contributed by atoms with Gasteiger partial charge in [-0.15, -0.1) is 5.10 Å². The minimum absolute atomic E-state index is 0.190. The normalized spacial score (nSPS) is 12.5. The number of hydrogen-bond donors (Lipinski definition) is 1. The zero-order valence-corrected chi connectivity index (χ0v) is 19.2. The number of anilines is 1. The van der Waals surface area contributed by atoms with E-state index in [0.717, 1.165) is 17.1 Å². The molecule has 0 radical (unpaired) electrons. The molecule has 0 aliphatic heterocycles. The summed E-state index contributed by atoms with van der Waals surface area (Å²) in [5.41, 5.74) is 2.06. The predicted molar refractivity (Wildman–Crippen MR) is 122 cm³/mol. The molecule has 0 spiro atoms. The van der Waals surface area contributed by atoms with Gasteiger partial charge >= 0.3 is 0 Å². The van der Waals surface area contributed by atoms with E-state index in [-0.39, 0.29) is 11.6 Å². The second kappa shape index (κ2) is 9.34. The fraction of sp³-hybridized carbons (Fsp3) is 0.348. The Morgan fingerprint density at radius 1 is 1.06 bits per heavy atom. The second-order valence-electron chi connectivity index (χ2n) is 8.64. The van der Waals surface area contributed by atoms with E-state index in [1.54, 1.807) is 29.9 Å². The molecule has 3 aromatic rings. The Morgan fingerprint density at radius 2 is 1.77 bits per heavy atom. The number of nitrogens with one attached hydrogen (secondary N) is 1. The van der Waals surface area contributed by atoms with Crippen molar-refractivity contribution < 1.29 is 9.59 Å². The van der Waals surface area contributed by atoms with Crippen molar-refractivity contribution in [3.63, 3.8) is 0 Å². The van der Waals surface area contributed by atoms with Gasteiger partial charge in [0.05, 0.1) is 0 Å². The van der Waals surface area contributed by atoms with Crippen molar-refractivity contribution in [2.45, 2.75) is 52.1 Å². The lowest BCUT2D eigenvalue weighted by Crippen LogP contribution is -2.49. The van der Waals surface area contributed by atoms with Gasteiger partial charge in [-0.1, -0.05) is 36.5 Å². The van der Waals surface area contributed by atoms with Crippen LogP contribution in [0.2, 0.25) is 0 Å². The highest BCUT2D eigenvalue weighted by Crippen LogP contribution is 2.31. The van der Waals surface area contributed by atoms with Gasteiger partial charge in [-0.3, -0.25) is 19.5 Å². The van der Waals surface area contributed by atoms with Crippen LogP contribution in [0.3, 0.4) is 0 Å². The van der Waals surface area contributed by atoms with Gasteiger partial charge in [0.15, 0.2) is 5.69 Å². The molecule has 1 N–H and O–H groups in total. The van der Waals surface area contributed by atoms with Crippen molar-refractivity contribution in [3.8, 4) is 0 Å². The Hall–Kier alpha value is -3.13. The average Bonchev–Trinajstić information content (AvgIpc) is 3.26. The van der Waals surface area contributed by atoms with E-state index in [0.29, 0.717) is 17.2 Å². The van der Waals surface area contributed by atoms with Gasteiger partial charge in [-0.2, -0.15) is 0 Å². The van der Waals surface area contributed by atoms with Gasteiger partial charge in [-0.05, 0) is 62.0 Å². The fourth-order valence-electron chi connectivity index (χ4n) is 3.18. The number of pyridine rings is 1. The lowest BCUT2D eigenvalue weighted by atomic mass is 10.00. The van der Waals surface area contributed by atoms with Crippen LogP contribution in [-0.2, 0) is 4.79 Å². The predicted octanol–water partition coefficient (Wildman–Crippen LogP) is 4.36. The van der Waals surface area contributed by atoms with Gasteiger partial charge < -0.3 is 5.32 Å². The van der Waals surface area contributed by atoms with E-state index in [1.165, 1.54) is 4.90 Å². The van der Waals surface area contributed by atoms with E-state index in [2.05, 4.69) is 33.7 Å². The van der Waals surface area contributed by atoms with Gasteiger partial charge in [0, 0.05) is 34.6 Å². The van der Waals surface area contributed by atoms with Gasteiger partial charge in [0.1, 0.15) is 6.04 Å². The number of amides is 2. The first-order chi connectivity index (χ1) is 14.7. The van der Waals surface area contributed by atoms with Crippen molar-refractivity contribution in [2.75, 3.05) is 4.90 Å². The van der Waals surface area contributed by atoms with Gasteiger partial charge in [0.25, 0.3) is 5.91 Å². The monoisotopic (exact) mass is 437 g/mol. The van der Waals surface area contributed by atoms with Gasteiger partial charge in [-0.25, -0.2) is 0 Å². The molecular weight excluding hydrogens is 410 g/mol. The average molecular weight is 438 g/mol. The molecule has 2 aromatic heterocycles. The summed E-state index contributed by atoms with van der Waals surface area (Å²) in [6.45, 7) is 9.92. The van der Waals surface area contributed by atoms with E-state index in [9.17, 15) is 9.59 Å². The number of carbonyl (C=O) groups is 2. The summed E-state index contributed by atoms with van der Waals surface area (Å²) < 4.78 is 3.82. The Morgan fingerprint density at radius 3 is 2.29 bits per heavy atom. The fourth-order valence-corrected chi connectivity index (χ4v) is 3.61. The molecule has 2 amide bonds. The summed E-state index contributed by atoms with van der Waals surface area (Å²) in [5.74, 6) is -0.354. The first kappa shape index (κ1) is 22.6. The number of hydrogen-bond acceptors (Lipinski definition) is 6. The SMILES string of the molecule is CC(C)c1ccc(N(C(=O)c2csnn2)[C@@H](C(=O)NC(C)(C)C)c2cccnc2)cc1. The summed E-state index contributed by atoms with van der Waals surface area (Å²) in [4.78, 5) is 32.6. The maximum absolute atomic E-state index is 13.5. The minimum Gasteiger partial charge on any atom is -0.349 e. The molecule has 0 saturated carbocycles. The maximum Gasteiger partial charge on any atom is 0.280 e. The number of nitrogens with zero attached hydrogens (tertiary/aromatic N) is 4. The van der Waals surface area contributed by atoms with Crippen LogP contribution in [0, 0.1) is 0 Å². The number of rotatable bonds is 6. The molecule has 1 aromatic carbocycles. The van der Waals surface area contributed by atoms with Crippen molar-refractivity contribution >= 4 is 29.0 Å². The van der Waals surface area contributed by atoms with E-state index >= 15 is 0 Å². The third-order valence-corrected chi connectivity index (χ3v) is 5.15. The van der Waals surface area contributed by atoms with Gasteiger partial charge in [0.2, 0.25) is 5.91 Å². The van der Waals surface area contributed by atoms with Crippen molar-refractivity contribution in [3.05, 3.63) is 71.0 Å². The molecule has 0 saturated heterocycles. The van der Waals surface area contributed by atoms with Crippen LogP contribution in [0.15, 0.2) is 54.2 Å². The Kier molecular flexibility index (Phi) is 6.80. The Labute approximate surface area is 186 Å². The molecule has 8 heteroatoms. The molecule has 2 heterocycles. The summed E-state index contributed by atoms with van der Waals surface area (Å²) in [6.07, 6.45) is 3.24. The van der Waals surface area contributed by atoms with Crippen LogP contribution in [0.25, 0.3) is 0 Å². The van der Waals surface area contributed by atoms with Crippen LogP contribution in [0.4, 0.5) is 5.69 Å². The largest absolute Gasteiger partial charge is 0.349 e. The quantitative estimate of drug-likeness (QED) is 0.619. The lowest BCUT2D eigenvalue weighted by Gasteiger charge is -2.33. The maximum atomic E-state index is 13.5. The highest BCUT2D eigenvalue weighted by atomic mass is 32.1. The molecule has 0 aliphatic rings. The first-order valence-corrected chi connectivity index (χ1v) is 10.9. The van der Waals surface area contributed by atoms with Crippen LogP contribution in [0.5, 0.6) is 0 Å². The smallest absolute Gasteiger partial charge is 0.280 e. The molecule has 31 heavy (non-hydrogen) atoms. The number of aromatic nitrogens is 3. The van der Waals surface area contributed by atoms with E-state index in [1.807, 2.05) is 45.0 Å². The third kappa shape index (κ3) is 5.52. The molecule has 162 valence electrons. The van der Waals surface area contributed by atoms with Crippen molar-refractivity contribution in [1.82, 2.24) is 19.9 Å². The summed E-state index contributed by atoms with van der Waals surface area (Å²) >= 11 is 1.09. The summed E-state index contributed by atoms with van der Waals surface area (Å²) in [7, 11) is 0. The van der Waals surface area contributed by atoms with Crippen LogP contribution in [-0.4, -0.2) is 31.9 Å². The summed E-state index contributed by atoms with van der Waals surface area (Å²) in [5, 5.41) is 8.54. The zero-order valence-electron chi connectivity index (χ0n) is 18.4. The molecule has 7 nitrogen and oxygen atoms in total. The Bertz CT molecular complexity index is 1010.